The van der Waals surface area contributed by atoms with Crippen LogP contribution in [0.3, 0.4) is 0 Å². The average Bonchev–Trinajstić information content (AvgIpc) is 2.41. The summed E-state index contributed by atoms with van der Waals surface area (Å²) in [7, 11) is 1.39. The third-order valence-electron chi connectivity index (χ3n) is 3.27. The number of ether oxygens (including phenoxy) is 2. The second-order valence-corrected chi connectivity index (χ2v) is 4.54. The SMILES string of the molecule is COC(=O)C1CN(Cc2ccccc2C)CCO1. The molecule has 1 unspecified atom stereocenters. The van der Waals surface area contributed by atoms with Crippen molar-refractivity contribution in [3.8, 4) is 0 Å². The van der Waals surface area contributed by atoms with Gasteiger partial charge in [-0.15, -0.1) is 0 Å². The molecule has 0 N–H and O–H groups in total. The summed E-state index contributed by atoms with van der Waals surface area (Å²) in [6, 6.07) is 8.31. The van der Waals surface area contributed by atoms with E-state index in [-0.39, 0.29) is 5.97 Å². The minimum absolute atomic E-state index is 0.288. The minimum atomic E-state index is -0.451. The van der Waals surface area contributed by atoms with Crippen molar-refractivity contribution in [1.29, 1.82) is 0 Å². The number of methoxy groups -OCH3 is 1. The molecule has 0 aromatic heterocycles. The first-order valence-corrected chi connectivity index (χ1v) is 6.17. The van der Waals surface area contributed by atoms with Crippen LogP contribution in [0, 0.1) is 6.92 Å². The van der Waals surface area contributed by atoms with Crippen molar-refractivity contribution < 1.29 is 14.3 Å². The largest absolute Gasteiger partial charge is 0.467 e. The van der Waals surface area contributed by atoms with E-state index in [9.17, 15) is 4.79 Å². The van der Waals surface area contributed by atoms with Crippen LogP contribution in [-0.4, -0.2) is 43.8 Å². The number of morpholine rings is 1. The van der Waals surface area contributed by atoms with E-state index in [1.54, 1.807) is 0 Å². The van der Waals surface area contributed by atoms with Crippen LogP contribution < -0.4 is 0 Å². The van der Waals surface area contributed by atoms with E-state index in [1.165, 1.54) is 18.2 Å². The number of aryl methyl sites for hydroxylation is 1. The molecule has 4 nitrogen and oxygen atoms in total. The standard InChI is InChI=1S/C14H19NO3/c1-11-5-3-4-6-12(11)9-15-7-8-18-13(10-15)14(16)17-2/h3-6,13H,7-10H2,1-2H3. The van der Waals surface area contributed by atoms with Gasteiger partial charge in [-0.2, -0.15) is 0 Å². The maximum Gasteiger partial charge on any atom is 0.336 e. The van der Waals surface area contributed by atoms with Gasteiger partial charge in [0.2, 0.25) is 0 Å². The van der Waals surface area contributed by atoms with Gasteiger partial charge in [0.1, 0.15) is 0 Å². The van der Waals surface area contributed by atoms with Gasteiger partial charge in [0.05, 0.1) is 13.7 Å². The number of esters is 1. The predicted molar refractivity (Wildman–Crippen MR) is 68.2 cm³/mol. The molecule has 18 heavy (non-hydrogen) atoms. The zero-order valence-corrected chi connectivity index (χ0v) is 10.9. The van der Waals surface area contributed by atoms with Crippen LogP contribution >= 0.6 is 0 Å². The lowest BCUT2D eigenvalue weighted by molar-refractivity contribution is -0.160. The first kappa shape index (κ1) is 13.1. The molecule has 98 valence electrons. The molecule has 0 radical (unpaired) electrons. The summed E-state index contributed by atoms with van der Waals surface area (Å²) in [5.41, 5.74) is 2.57. The van der Waals surface area contributed by atoms with E-state index in [4.69, 9.17) is 9.47 Å². The molecule has 1 aromatic carbocycles. The smallest absolute Gasteiger partial charge is 0.336 e. The molecular formula is C14H19NO3. The van der Waals surface area contributed by atoms with Crippen molar-refractivity contribution in [1.82, 2.24) is 4.90 Å². The van der Waals surface area contributed by atoms with Gasteiger partial charge in [-0.3, -0.25) is 4.90 Å². The number of carbonyl (C=O) groups excluding carboxylic acids is 1. The number of nitrogens with zero attached hydrogens (tertiary/aromatic N) is 1. The predicted octanol–water partition coefficient (Wildman–Crippen LogP) is 1.37. The molecule has 1 heterocycles. The Kier molecular flexibility index (Phi) is 4.33. The van der Waals surface area contributed by atoms with E-state index < -0.39 is 6.10 Å². The normalized spacial score (nSPS) is 20.7. The highest BCUT2D eigenvalue weighted by molar-refractivity contribution is 5.74. The van der Waals surface area contributed by atoms with E-state index in [0.717, 1.165) is 13.1 Å². The summed E-state index contributed by atoms with van der Waals surface area (Å²) in [4.78, 5) is 13.7. The van der Waals surface area contributed by atoms with Crippen LogP contribution in [0.5, 0.6) is 0 Å². The van der Waals surface area contributed by atoms with Crippen molar-refractivity contribution in [3.63, 3.8) is 0 Å². The van der Waals surface area contributed by atoms with E-state index >= 15 is 0 Å². The molecule has 0 saturated carbocycles. The van der Waals surface area contributed by atoms with Gasteiger partial charge < -0.3 is 9.47 Å². The van der Waals surface area contributed by atoms with Crippen LogP contribution in [0.1, 0.15) is 11.1 Å². The Bertz CT molecular complexity index is 419. The highest BCUT2D eigenvalue weighted by Gasteiger charge is 2.27. The molecule has 4 heteroatoms. The molecule has 1 aliphatic heterocycles. The topological polar surface area (TPSA) is 38.8 Å². The lowest BCUT2D eigenvalue weighted by Gasteiger charge is -2.31. The molecule has 1 aliphatic rings. The maximum atomic E-state index is 11.5. The first-order valence-electron chi connectivity index (χ1n) is 6.17. The second kappa shape index (κ2) is 5.98. The Labute approximate surface area is 107 Å². The Morgan fingerprint density at radius 3 is 3.00 bits per heavy atom. The van der Waals surface area contributed by atoms with E-state index in [1.807, 2.05) is 12.1 Å². The Hall–Kier alpha value is -1.39. The zero-order valence-electron chi connectivity index (χ0n) is 10.9. The fourth-order valence-corrected chi connectivity index (χ4v) is 2.15. The van der Waals surface area contributed by atoms with Crippen LogP contribution in [0.2, 0.25) is 0 Å². The van der Waals surface area contributed by atoms with Crippen LogP contribution in [0.4, 0.5) is 0 Å². The molecule has 0 aliphatic carbocycles. The molecule has 1 saturated heterocycles. The maximum absolute atomic E-state index is 11.5. The molecule has 0 amide bonds. The van der Waals surface area contributed by atoms with Crippen LogP contribution in [0.25, 0.3) is 0 Å². The van der Waals surface area contributed by atoms with Crippen molar-refractivity contribution in [3.05, 3.63) is 35.4 Å². The lowest BCUT2D eigenvalue weighted by Crippen LogP contribution is -2.46. The van der Waals surface area contributed by atoms with Gasteiger partial charge in [0.15, 0.2) is 6.10 Å². The monoisotopic (exact) mass is 249 g/mol. The van der Waals surface area contributed by atoms with Gasteiger partial charge >= 0.3 is 5.97 Å². The van der Waals surface area contributed by atoms with Gasteiger partial charge in [0.25, 0.3) is 0 Å². The number of hydrogen-bond acceptors (Lipinski definition) is 4. The Balaban J connectivity index is 1.98. The van der Waals surface area contributed by atoms with Gasteiger partial charge in [-0.25, -0.2) is 4.79 Å². The van der Waals surface area contributed by atoms with Crippen molar-refractivity contribution in [2.45, 2.75) is 19.6 Å². The number of carbonyl (C=O) groups is 1. The van der Waals surface area contributed by atoms with Crippen LogP contribution in [0.15, 0.2) is 24.3 Å². The number of hydrogen-bond donors (Lipinski definition) is 0. The summed E-state index contributed by atoms with van der Waals surface area (Å²) >= 11 is 0. The summed E-state index contributed by atoms with van der Waals surface area (Å²) in [5, 5.41) is 0. The summed E-state index contributed by atoms with van der Waals surface area (Å²) in [6.45, 7) is 4.98. The zero-order chi connectivity index (χ0) is 13.0. The molecule has 0 spiro atoms. The highest BCUT2D eigenvalue weighted by Crippen LogP contribution is 2.14. The molecule has 1 fully saturated rings. The molecule has 1 atom stereocenters. The quantitative estimate of drug-likeness (QED) is 0.758. The molecular weight excluding hydrogens is 230 g/mol. The minimum Gasteiger partial charge on any atom is -0.467 e. The fourth-order valence-electron chi connectivity index (χ4n) is 2.15. The molecule has 0 bridgehead atoms. The van der Waals surface area contributed by atoms with Gasteiger partial charge in [-0.1, -0.05) is 24.3 Å². The van der Waals surface area contributed by atoms with Crippen molar-refractivity contribution in [2.75, 3.05) is 26.8 Å². The summed E-state index contributed by atoms with van der Waals surface area (Å²) < 4.78 is 10.1. The number of benzene rings is 1. The Morgan fingerprint density at radius 1 is 1.50 bits per heavy atom. The van der Waals surface area contributed by atoms with Crippen LogP contribution in [-0.2, 0) is 20.8 Å². The van der Waals surface area contributed by atoms with Crippen molar-refractivity contribution >= 4 is 5.97 Å². The fraction of sp³-hybridized carbons (Fsp3) is 0.500. The lowest BCUT2D eigenvalue weighted by atomic mass is 10.1. The third kappa shape index (κ3) is 3.09. The third-order valence-corrected chi connectivity index (χ3v) is 3.27. The average molecular weight is 249 g/mol. The van der Waals surface area contributed by atoms with E-state index in [0.29, 0.717) is 13.2 Å². The highest BCUT2D eigenvalue weighted by atomic mass is 16.6. The summed E-state index contributed by atoms with van der Waals surface area (Å²) in [6.07, 6.45) is -0.451. The number of rotatable bonds is 3. The molecule has 1 aromatic rings. The second-order valence-electron chi connectivity index (χ2n) is 4.54. The van der Waals surface area contributed by atoms with Crippen molar-refractivity contribution in [2.24, 2.45) is 0 Å². The summed E-state index contributed by atoms with van der Waals surface area (Å²) in [5.74, 6) is -0.288. The van der Waals surface area contributed by atoms with Gasteiger partial charge in [0, 0.05) is 19.6 Å². The molecule has 2 rings (SSSR count). The Morgan fingerprint density at radius 2 is 2.28 bits per heavy atom. The van der Waals surface area contributed by atoms with Gasteiger partial charge in [-0.05, 0) is 18.1 Å². The van der Waals surface area contributed by atoms with E-state index in [2.05, 4.69) is 24.0 Å². The first-order chi connectivity index (χ1) is 8.70.